The van der Waals surface area contributed by atoms with Gasteiger partial charge in [-0.2, -0.15) is 0 Å². The molecule has 1 atom stereocenters. The first-order valence-electron chi connectivity index (χ1n) is 8.13. The van der Waals surface area contributed by atoms with Crippen LogP contribution >= 0.6 is 37.6 Å². The van der Waals surface area contributed by atoms with Gasteiger partial charge in [0.05, 0.1) is 0 Å². The summed E-state index contributed by atoms with van der Waals surface area (Å²) in [5.41, 5.74) is 0. The van der Waals surface area contributed by atoms with Gasteiger partial charge in [0.1, 0.15) is 0 Å². The summed E-state index contributed by atoms with van der Waals surface area (Å²) in [6, 6.07) is 17.2. The third kappa shape index (κ3) is 7.96. The summed E-state index contributed by atoms with van der Waals surface area (Å²) < 4.78 is 24.8. The fourth-order valence-corrected chi connectivity index (χ4v) is 6.10. The minimum absolute atomic E-state index is 0.0392. The molecule has 146 valence electrons. The topological polar surface area (TPSA) is 64.6 Å². The van der Waals surface area contributed by atoms with Gasteiger partial charge >= 0.3 is 174 Å². The van der Waals surface area contributed by atoms with Crippen molar-refractivity contribution >= 4 is 54.0 Å². The monoisotopic (exact) mass is 511 g/mol. The Balaban J connectivity index is 2.15. The van der Waals surface area contributed by atoms with Crippen LogP contribution in [-0.4, -0.2) is 22.2 Å². The number of amides is 1. The Kier molecular flexibility index (Phi) is 8.38. The zero-order valence-electron chi connectivity index (χ0n) is 14.5. The molecule has 1 amide bonds. The summed E-state index contributed by atoms with van der Waals surface area (Å²) in [6.07, 6.45) is 0.0392. The van der Waals surface area contributed by atoms with Crippen molar-refractivity contribution in [3.63, 3.8) is 0 Å². The second kappa shape index (κ2) is 10.1. The zero-order chi connectivity index (χ0) is 19.9. The molecule has 27 heavy (non-hydrogen) atoms. The van der Waals surface area contributed by atoms with E-state index in [1.54, 1.807) is 55.5 Å². The molecule has 5 nitrogen and oxygen atoms in total. The Bertz CT molecular complexity index is 744. The van der Waals surface area contributed by atoms with Gasteiger partial charge in [-0.25, -0.2) is 0 Å². The number of carbonyl (C=O) groups is 1. The number of benzene rings is 2. The molecule has 2 rings (SSSR count). The maximum atomic E-state index is 13.5. The van der Waals surface area contributed by atoms with Crippen LogP contribution < -0.4 is 14.4 Å². The van der Waals surface area contributed by atoms with Crippen molar-refractivity contribution in [1.29, 1.82) is 0 Å². The van der Waals surface area contributed by atoms with Crippen molar-refractivity contribution in [1.82, 2.24) is 5.32 Å². The fraction of sp³-hybridized carbons (Fsp3) is 0.235. The van der Waals surface area contributed by atoms with E-state index in [-0.39, 0.29) is 17.6 Å². The molecule has 0 saturated heterocycles. The number of hydrogen-bond acceptors (Lipinski definition) is 4. The van der Waals surface area contributed by atoms with E-state index in [2.05, 4.69) is 5.32 Å². The predicted molar refractivity (Wildman–Crippen MR) is 112 cm³/mol. The molecule has 0 radical (unpaired) electrons. The van der Waals surface area contributed by atoms with E-state index in [1.165, 1.54) is 0 Å². The summed E-state index contributed by atoms with van der Waals surface area (Å²) in [7, 11) is 10.4. The molecule has 0 bridgehead atoms. The average Bonchev–Trinajstić information content (AvgIpc) is 2.61. The van der Waals surface area contributed by atoms with Crippen molar-refractivity contribution in [2.24, 2.45) is 0 Å². The number of nitrogens with one attached hydrogen (secondary N) is 1. The molecule has 0 heterocycles. The van der Waals surface area contributed by atoms with Gasteiger partial charge in [-0.05, 0) is 0 Å². The molecule has 0 aliphatic carbocycles. The first kappa shape index (κ1) is 22.4. The van der Waals surface area contributed by atoms with Gasteiger partial charge in [-0.3, -0.25) is 0 Å². The zero-order valence-corrected chi connectivity index (χ0v) is 19.7. The van der Waals surface area contributed by atoms with Gasteiger partial charge in [0.15, 0.2) is 0 Å². The van der Waals surface area contributed by atoms with Gasteiger partial charge < -0.3 is 0 Å². The molecule has 2 aromatic carbocycles. The standard InChI is InChI=1S/C17H19Cl3GeNO4P/c1-14(22-17(23)12-13-21(18,19)20)27(24,25-15-8-4-2-5-9-15)26-16-10-6-3-7-11-16/h2-11,14H,12-13H2,1H3,(H,22,23). The van der Waals surface area contributed by atoms with E-state index in [1.807, 2.05) is 12.1 Å². The van der Waals surface area contributed by atoms with Gasteiger partial charge in [0, 0.05) is 0 Å². The van der Waals surface area contributed by atoms with Crippen LogP contribution in [0.5, 0.6) is 11.5 Å². The van der Waals surface area contributed by atoms with Gasteiger partial charge in [-0.15, -0.1) is 0 Å². The summed E-state index contributed by atoms with van der Waals surface area (Å²) in [4.78, 5) is 12.2. The Morgan fingerprint density at radius 2 is 1.44 bits per heavy atom. The molecule has 2 aromatic rings. The third-order valence-electron chi connectivity index (χ3n) is 3.43. The number of hydrogen-bond donors (Lipinski definition) is 1. The normalized spacial score (nSPS) is 12.9. The van der Waals surface area contributed by atoms with E-state index < -0.39 is 23.9 Å². The number of carbonyl (C=O) groups excluding carboxylic acids is 1. The molecule has 0 saturated carbocycles. The van der Waals surface area contributed by atoms with Crippen molar-refractivity contribution in [2.45, 2.75) is 24.4 Å². The van der Waals surface area contributed by atoms with E-state index >= 15 is 0 Å². The first-order valence-corrected chi connectivity index (χ1v) is 19.5. The molecule has 1 unspecified atom stereocenters. The van der Waals surface area contributed by atoms with E-state index in [0.29, 0.717) is 11.5 Å². The molecule has 0 fully saturated rings. The second-order valence-electron chi connectivity index (χ2n) is 5.71. The second-order valence-corrected chi connectivity index (χ2v) is 24.6. The van der Waals surface area contributed by atoms with Crippen LogP contribution in [0.3, 0.4) is 0 Å². The summed E-state index contributed by atoms with van der Waals surface area (Å²) >= 11 is 0. The first-order chi connectivity index (χ1) is 12.7. The van der Waals surface area contributed by atoms with Crippen LogP contribution in [0.4, 0.5) is 0 Å². The molecule has 0 aliphatic rings. The van der Waals surface area contributed by atoms with Crippen LogP contribution in [0.2, 0.25) is 5.25 Å². The molecule has 1 N–H and O–H groups in total. The quantitative estimate of drug-likeness (QED) is 0.339. The van der Waals surface area contributed by atoms with Gasteiger partial charge in [0.25, 0.3) is 0 Å². The molecule has 10 heteroatoms. The Morgan fingerprint density at radius 1 is 1.00 bits per heavy atom. The van der Waals surface area contributed by atoms with Crippen molar-refractivity contribution in [2.75, 3.05) is 0 Å². The van der Waals surface area contributed by atoms with E-state index in [9.17, 15) is 9.36 Å². The van der Waals surface area contributed by atoms with Gasteiger partial charge in [-0.1, -0.05) is 0 Å². The Morgan fingerprint density at radius 3 is 1.85 bits per heavy atom. The summed E-state index contributed by atoms with van der Waals surface area (Å²) in [5.74, 6) is -0.551. The van der Waals surface area contributed by atoms with E-state index in [0.717, 1.165) is 0 Å². The molecular formula is C17H19Cl3GeNO4P. The van der Waals surface area contributed by atoms with Crippen LogP contribution in [0, 0.1) is 0 Å². The molecule has 0 aliphatic heterocycles. The minimum atomic E-state index is -3.79. The Hall–Kier alpha value is -0.847. The predicted octanol–water partition coefficient (Wildman–Crippen LogP) is 5.85. The fourth-order valence-electron chi connectivity index (χ4n) is 2.07. The van der Waals surface area contributed by atoms with Crippen LogP contribution in [0.1, 0.15) is 13.3 Å². The van der Waals surface area contributed by atoms with Crippen molar-refractivity contribution < 1.29 is 18.4 Å². The summed E-state index contributed by atoms with van der Waals surface area (Å²) in [6.45, 7) is 1.56. The van der Waals surface area contributed by atoms with Crippen LogP contribution in [0.15, 0.2) is 60.7 Å². The number of rotatable bonds is 9. The average molecular weight is 511 g/mol. The number of para-hydroxylation sites is 2. The third-order valence-corrected chi connectivity index (χ3v) is 10.1. The van der Waals surface area contributed by atoms with Gasteiger partial charge in [0.2, 0.25) is 0 Å². The maximum absolute atomic E-state index is 13.5. The SMILES string of the molecule is CC(NC(=O)C[CH2][Ge]([Cl])([Cl])[Cl])P(=O)(Oc1ccccc1)Oc1ccccc1. The van der Waals surface area contributed by atoms with Crippen molar-refractivity contribution in [3.8, 4) is 11.5 Å². The molecular weight excluding hydrogens is 492 g/mol. The molecule has 0 aromatic heterocycles. The number of halogens is 3. The Labute approximate surface area is 173 Å². The van der Waals surface area contributed by atoms with Crippen LogP contribution in [-0.2, 0) is 9.36 Å². The van der Waals surface area contributed by atoms with Crippen LogP contribution in [0.25, 0.3) is 0 Å². The summed E-state index contributed by atoms with van der Waals surface area (Å²) in [5, 5.41) is 2.85. The molecule has 0 spiro atoms. The van der Waals surface area contributed by atoms with E-state index in [4.69, 9.17) is 39.1 Å². The van der Waals surface area contributed by atoms with Crippen molar-refractivity contribution in [3.05, 3.63) is 60.7 Å².